The molecule has 0 aromatic heterocycles. The van der Waals surface area contributed by atoms with Gasteiger partial charge in [0.25, 0.3) is 0 Å². The molecule has 218 valence electrons. The van der Waals surface area contributed by atoms with Crippen molar-refractivity contribution in [1.29, 1.82) is 0 Å². The third kappa shape index (κ3) is 3.24. The highest BCUT2D eigenvalue weighted by Crippen LogP contribution is 2.78. The van der Waals surface area contributed by atoms with Crippen LogP contribution in [0.2, 0.25) is 0 Å². The van der Waals surface area contributed by atoms with E-state index in [-0.39, 0.29) is 55.9 Å². The molecule has 5 fully saturated rings. The first-order valence-electron chi connectivity index (χ1n) is 13.6. The molecule has 2 spiro atoms. The van der Waals surface area contributed by atoms with E-state index in [4.69, 9.17) is 9.47 Å². The van der Waals surface area contributed by atoms with Gasteiger partial charge in [-0.25, -0.2) is 0 Å². The van der Waals surface area contributed by atoms with Crippen LogP contribution in [0.3, 0.4) is 0 Å². The second-order valence-electron chi connectivity index (χ2n) is 13.8. The van der Waals surface area contributed by atoms with Crippen molar-refractivity contribution in [3.05, 3.63) is 23.3 Å². The zero-order valence-electron chi connectivity index (χ0n) is 23.5. The van der Waals surface area contributed by atoms with Gasteiger partial charge in [-0.15, -0.1) is 0 Å². The van der Waals surface area contributed by atoms with Crippen molar-refractivity contribution in [2.75, 3.05) is 20.2 Å². The number of phenolic OH excluding ortho intramolecular Hbond substituents is 1. The smallest absolute Gasteiger partial charge is 0.165 e. The van der Waals surface area contributed by atoms with Gasteiger partial charge in [-0.2, -0.15) is 0 Å². The van der Waals surface area contributed by atoms with Gasteiger partial charge in [-0.1, -0.05) is 26.8 Å². The topological polar surface area (TPSA) is 188 Å². The molecule has 1 aromatic carbocycles. The van der Waals surface area contributed by atoms with E-state index in [1.807, 2.05) is 20.1 Å². The van der Waals surface area contributed by atoms with Crippen LogP contribution in [-0.2, 0) is 16.6 Å². The van der Waals surface area contributed by atoms with Crippen LogP contribution in [0.4, 0.5) is 0 Å². The third-order valence-corrected chi connectivity index (χ3v) is 11.9. The number of fused-ring (bicyclic) bond motifs is 2. The van der Waals surface area contributed by atoms with E-state index in [0.717, 1.165) is 44.6 Å². The monoisotopic (exact) mass is 539 g/mol. The van der Waals surface area contributed by atoms with E-state index in [1.165, 1.54) is 30.5 Å². The van der Waals surface area contributed by atoms with Gasteiger partial charge in [0.1, 0.15) is 11.7 Å². The summed E-state index contributed by atoms with van der Waals surface area (Å²) in [6.07, 6.45) is 7.64. The molecule has 4 bridgehead atoms. The first kappa shape index (κ1) is 31.1. The van der Waals surface area contributed by atoms with Gasteiger partial charge in [0, 0.05) is 42.0 Å². The molecule has 10 N–H and O–H groups in total. The Morgan fingerprint density at radius 1 is 1.05 bits per heavy atom. The molecule has 1 aromatic rings. The number of ether oxygens (including phenoxy) is 2. The van der Waals surface area contributed by atoms with Crippen LogP contribution in [0.25, 0.3) is 0 Å². The first-order valence-corrected chi connectivity index (χ1v) is 13.6. The molecule has 7 aliphatic rings. The maximum Gasteiger partial charge on any atom is 0.165 e. The van der Waals surface area contributed by atoms with E-state index in [0.29, 0.717) is 11.8 Å². The van der Waals surface area contributed by atoms with E-state index >= 15 is 0 Å². The van der Waals surface area contributed by atoms with Crippen molar-refractivity contribution in [3.63, 3.8) is 0 Å². The molecular formula is C29H49NO8. The van der Waals surface area contributed by atoms with Crippen molar-refractivity contribution in [2.45, 2.75) is 101 Å². The lowest BCUT2D eigenvalue weighted by Crippen LogP contribution is -2.83. The molecular weight excluding hydrogens is 490 g/mol. The van der Waals surface area contributed by atoms with Crippen LogP contribution in [0, 0.1) is 22.7 Å². The minimum atomic E-state index is -0.909. The Morgan fingerprint density at radius 3 is 2.34 bits per heavy atom. The zero-order valence-corrected chi connectivity index (χ0v) is 23.5. The highest BCUT2D eigenvalue weighted by atomic mass is 16.6. The zero-order chi connectivity index (χ0) is 23.9. The summed E-state index contributed by atoms with van der Waals surface area (Å²) in [4.78, 5) is 2.82. The molecule has 9 nitrogen and oxygen atoms in total. The molecule has 0 unspecified atom stereocenters. The predicted octanol–water partition coefficient (Wildman–Crippen LogP) is 1.12. The summed E-state index contributed by atoms with van der Waals surface area (Å²) in [5.41, 5.74) is 0.783. The number of aromatic hydroxyl groups is 1. The number of benzene rings is 1. The fraction of sp³-hybridized carbons (Fsp3) is 0.793. The van der Waals surface area contributed by atoms with E-state index in [9.17, 15) is 10.2 Å². The summed E-state index contributed by atoms with van der Waals surface area (Å²) < 4.78 is 13.5. The van der Waals surface area contributed by atoms with Crippen LogP contribution in [0.1, 0.15) is 77.3 Å². The minimum Gasteiger partial charge on any atom is -0.504 e. The quantitative estimate of drug-likeness (QED) is 0.579. The lowest BCUT2D eigenvalue weighted by atomic mass is 9.33. The first-order chi connectivity index (χ1) is 16.0. The number of rotatable bonds is 4. The molecule has 38 heavy (non-hydrogen) atoms. The molecule has 1 saturated heterocycles. The van der Waals surface area contributed by atoms with Crippen molar-refractivity contribution >= 4 is 0 Å². The van der Waals surface area contributed by atoms with Crippen LogP contribution in [0.15, 0.2) is 12.1 Å². The van der Waals surface area contributed by atoms with Crippen molar-refractivity contribution in [2.24, 2.45) is 22.7 Å². The summed E-state index contributed by atoms with van der Waals surface area (Å²) in [5, 5.41) is 23.2. The van der Waals surface area contributed by atoms with Gasteiger partial charge in [0.15, 0.2) is 11.5 Å². The van der Waals surface area contributed by atoms with Gasteiger partial charge in [-0.3, -0.25) is 4.90 Å². The molecule has 0 amide bonds. The predicted molar refractivity (Wildman–Crippen MR) is 145 cm³/mol. The number of hydrogen-bond donors (Lipinski definition) is 2. The maximum absolute atomic E-state index is 12.2. The molecule has 2 aliphatic heterocycles. The molecule has 0 radical (unpaired) electrons. The number of hydrogen-bond acceptors (Lipinski definition) is 5. The molecule has 7 atom stereocenters. The van der Waals surface area contributed by atoms with Gasteiger partial charge in [0.2, 0.25) is 0 Å². The van der Waals surface area contributed by atoms with Crippen molar-refractivity contribution in [1.82, 2.24) is 4.90 Å². The number of likely N-dealkylation sites (tertiary alicyclic amines) is 1. The third-order valence-electron chi connectivity index (χ3n) is 11.9. The summed E-state index contributed by atoms with van der Waals surface area (Å²) >= 11 is 0. The number of piperidine rings is 1. The molecule has 4 saturated carbocycles. The number of aliphatic hydroxyl groups is 1. The fourth-order valence-corrected chi connectivity index (χ4v) is 9.58. The fourth-order valence-electron chi connectivity index (χ4n) is 9.58. The van der Waals surface area contributed by atoms with E-state index < -0.39 is 11.2 Å². The Bertz CT molecular complexity index is 1070. The molecule has 2 heterocycles. The van der Waals surface area contributed by atoms with Crippen molar-refractivity contribution in [3.8, 4) is 11.5 Å². The Morgan fingerprint density at radius 2 is 1.74 bits per heavy atom. The van der Waals surface area contributed by atoms with Crippen LogP contribution in [-0.4, -0.2) is 80.6 Å². The molecule has 8 rings (SSSR count). The second kappa shape index (κ2) is 9.03. The number of nitrogens with zero attached hydrogens (tertiary/aromatic N) is 1. The number of phenols is 1. The summed E-state index contributed by atoms with van der Waals surface area (Å²) in [6.45, 7) is 10.8. The van der Waals surface area contributed by atoms with E-state index in [1.54, 1.807) is 0 Å². The number of methoxy groups -OCH3 is 1. The lowest BCUT2D eigenvalue weighted by molar-refractivity contribution is -0.312. The Balaban J connectivity index is 0.000001000. The Kier molecular flexibility index (Phi) is 7.38. The molecule has 5 aliphatic carbocycles. The average Bonchev–Trinajstić information content (AvgIpc) is 3.53. The summed E-state index contributed by atoms with van der Waals surface area (Å²) in [7, 11) is 1.83. The SMILES string of the molecule is CO[C@@]12CC[C@@]3(C[C@@H]1[C@](C)(O)C(C)(C)C)[C@H]1Cc4ccc(O)c5c4[C@@]3(CCN1CC1CC1)[C@H]2O5.O.O.O.O. The van der Waals surface area contributed by atoms with Crippen LogP contribution >= 0.6 is 0 Å². The summed E-state index contributed by atoms with van der Waals surface area (Å²) in [6, 6.07) is 4.46. The Labute approximate surface area is 225 Å². The van der Waals surface area contributed by atoms with Crippen molar-refractivity contribution < 1.29 is 41.6 Å². The van der Waals surface area contributed by atoms with Gasteiger partial charge in [-0.05, 0) is 81.4 Å². The van der Waals surface area contributed by atoms with E-state index in [2.05, 4.69) is 31.7 Å². The Hall–Kier alpha value is -1.46. The largest absolute Gasteiger partial charge is 0.504 e. The normalized spacial score (nSPS) is 39.3. The summed E-state index contributed by atoms with van der Waals surface area (Å²) in [5.74, 6) is 1.80. The molecule has 9 heteroatoms. The van der Waals surface area contributed by atoms with Gasteiger partial charge >= 0.3 is 0 Å². The van der Waals surface area contributed by atoms with Gasteiger partial charge < -0.3 is 41.6 Å². The van der Waals surface area contributed by atoms with Gasteiger partial charge in [0.05, 0.1) is 5.60 Å². The lowest BCUT2D eigenvalue weighted by Gasteiger charge is -2.75. The van der Waals surface area contributed by atoms with Crippen LogP contribution < -0.4 is 4.74 Å². The highest BCUT2D eigenvalue weighted by Gasteiger charge is 2.82. The maximum atomic E-state index is 12.2. The second-order valence-corrected chi connectivity index (χ2v) is 13.8. The average molecular weight is 540 g/mol. The highest BCUT2D eigenvalue weighted by molar-refractivity contribution is 5.63. The minimum absolute atomic E-state index is 0. The standard InChI is InChI=1S/C29H41NO4.4H2O/c1-25(2,3)26(4,32)20-15-27-10-11-29(20,33-5)24-28(27)12-13-30(16-17-6-7-17)21(27)14-18-8-9-19(31)23(34-24)22(18)28;;;;/h8-9,17,20-21,24,31-32H,6-7,10-16H2,1-5H3;4*1H2/t20-,21-,24-,26+,27-,28+,29+;;;;/m1..../s1. The van der Waals surface area contributed by atoms with Crippen LogP contribution in [0.5, 0.6) is 11.5 Å².